The number of nitrogens with one attached hydrogen (secondary N) is 1. The van der Waals surface area contributed by atoms with E-state index in [1.165, 1.54) is 12.0 Å². The van der Waals surface area contributed by atoms with E-state index in [1.54, 1.807) is 12.1 Å². The average molecular weight is 489 g/mol. The molecule has 3 aromatic rings. The molecule has 0 unspecified atom stereocenters. The molecule has 2 saturated heterocycles. The summed E-state index contributed by atoms with van der Waals surface area (Å²) in [6.45, 7) is 0.154. The van der Waals surface area contributed by atoms with Crippen LogP contribution < -0.4 is 5.32 Å². The van der Waals surface area contributed by atoms with Gasteiger partial charge < -0.3 is 4.74 Å². The normalized spacial score (nSPS) is 25.5. The molecular formula is C28H25ClN2O4. The van der Waals surface area contributed by atoms with E-state index in [0.29, 0.717) is 5.02 Å². The van der Waals surface area contributed by atoms with E-state index in [0.717, 1.165) is 16.7 Å². The largest absolute Gasteiger partial charge is 0.468 e. The lowest BCUT2D eigenvalue weighted by Gasteiger charge is -2.32. The van der Waals surface area contributed by atoms with Crippen LogP contribution in [0, 0.1) is 11.8 Å². The number of methoxy groups -OCH3 is 1. The lowest BCUT2D eigenvalue weighted by atomic mass is 9.76. The van der Waals surface area contributed by atoms with Crippen LogP contribution >= 0.6 is 11.6 Å². The Balaban J connectivity index is 1.62. The van der Waals surface area contributed by atoms with Crippen molar-refractivity contribution in [1.29, 1.82) is 0 Å². The Bertz CT molecular complexity index is 1250. The fraction of sp³-hybridized carbons (Fsp3) is 0.250. The van der Waals surface area contributed by atoms with Crippen molar-refractivity contribution < 1.29 is 19.1 Å². The summed E-state index contributed by atoms with van der Waals surface area (Å²) < 4.78 is 5.25. The number of ether oxygens (including phenoxy) is 1. The van der Waals surface area contributed by atoms with Crippen LogP contribution in [-0.4, -0.2) is 35.3 Å². The Morgan fingerprint density at radius 1 is 0.914 bits per heavy atom. The van der Waals surface area contributed by atoms with Gasteiger partial charge in [0.2, 0.25) is 11.8 Å². The van der Waals surface area contributed by atoms with Crippen molar-refractivity contribution in [2.45, 2.75) is 24.5 Å². The summed E-state index contributed by atoms with van der Waals surface area (Å²) in [5.74, 6) is -2.89. The monoisotopic (exact) mass is 488 g/mol. The first-order chi connectivity index (χ1) is 16.9. The zero-order chi connectivity index (χ0) is 24.6. The Morgan fingerprint density at radius 3 is 2.11 bits per heavy atom. The van der Waals surface area contributed by atoms with E-state index < -0.39 is 29.4 Å². The minimum atomic E-state index is -1.40. The zero-order valence-electron chi connectivity index (χ0n) is 19.2. The summed E-state index contributed by atoms with van der Waals surface area (Å²) in [7, 11) is 1.31. The average Bonchev–Trinajstić information content (AvgIpc) is 3.35. The number of fused-ring (bicyclic) bond motifs is 1. The molecule has 2 heterocycles. The van der Waals surface area contributed by atoms with Gasteiger partial charge in [0.05, 0.1) is 25.5 Å². The Morgan fingerprint density at radius 2 is 1.51 bits per heavy atom. The summed E-state index contributed by atoms with van der Waals surface area (Å²) in [4.78, 5) is 42.4. The highest BCUT2D eigenvalue weighted by atomic mass is 35.5. The number of halogens is 1. The molecule has 35 heavy (non-hydrogen) atoms. The number of rotatable bonds is 6. The van der Waals surface area contributed by atoms with Gasteiger partial charge in [-0.1, -0.05) is 84.4 Å². The highest BCUT2D eigenvalue weighted by Gasteiger charge is 2.68. The maximum absolute atomic E-state index is 13.9. The summed E-state index contributed by atoms with van der Waals surface area (Å²) in [5.41, 5.74) is 1.09. The third-order valence-electron chi connectivity index (χ3n) is 7.03. The topological polar surface area (TPSA) is 75.7 Å². The van der Waals surface area contributed by atoms with Crippen molar-refractivity contribution in [2.24, 2.45) is 11.8 Å². The first kappa shape index (κ1) is 23.3. The number of esters is 1. The Hall–Kier alpha value is -3.48. The molecule has 3 aromatic carbocycles. The fourth-order valence-electron chi connectivity index (χ4n) is 5.46. The van der Waals surface area contributed by atoms with Gasteiger partial charge in [0, 0.05) is 17.5 Å². The summed E-state index contributed by atoms with van der Waals surface area (Å²) in [6, 6.07) is 25.4. The van der Waals surface area contributed by atoms with E-state index in [1.807, 2.05) is 72.8 Å². The van der Waals surface area contributed by atoms with Crippen LogP contribution in [0.15, 0.2) is 84.9 Å². The molecule has 0 spiro atoms. The van der Waals surface area contributed by atoms with Gasteiger partial charge in [-0.05, 0) is 28.8 Å². The lowest BCUT2D eigenvalue weighted by molar-refractivity contribution is -0.154. The molecule has 178 valence electrons. The smallest absolute Gasteiger partial charge is 0.327 e. The van der Waals surface area contributed by atoms with Crippen LogP contribution in [0.3, 0.4) is 0 Å². The van der Waals surface area contributed by atoms with Crippen LogP contribution in [0.4, 0.5) is 0 Å². The van der Waals surface area contributed by atoms with Gasteiger partial charge in [-0.2, -0.15) is 0 Å². The van der Waals surface area contributed by atoms with Crippen molar-refractivity contribution in [3.8, 4) is 0 Å². The molecule has 7 heteroatoms. The molecule has 2 amide bonds. The van der Waals surface area contributed by atoms with Crippen molar-refractivity contribution in [2.75, 3.05) is 7.11 Å². The Labute approximate surface area is 208 Å². The first-order valence-electron chi connectivity index (χ1n) is 11.5. The number of benzene rings is 3. The van der Waals surface area contributed by atoms with Gasteiger partial charge in [-0.25, -0.2) is 0 Å². The molecule has 0 saturated carbocycles. The number of nitrogens with zero attached hydrogens (tertiary/aromatic N) is 1. The molecule has 5 rings (SSSR count). The second kappa shape index (κ2) is 9.29. The number of amides is 2. The van der Waals surface area contributed by atoms with E-state index in [9.17, 15) is 14.4 Å². The van der Waals surface area contributed by atoms with E-state index in [4.69, 9.17) is 16.3 Å². The number of carbonyl (C=O) groups excluding carboxylic acids is 3. The highest BCUT2D eigenvalue weighted by molar-refractivity contribution is 6.30. The number of likely N-dealkylation sites (tertiary alicyclic amines) is 1. The SMILES string of the molecule is COC(=O)[C@]1(Cc2ccccc2)N[C@H](c2ccc(Cl)cc2)[C@H]2C(=O)N(Cc3ccccc3)C(=O)[C@@H]21. The minimum Gasteiger partial charge on any atom is -0.468 e. The molecule has 0 bridgehead atoms. The van der Waals surface area contributed by atoms with Crippen LogP contribution in [0.1, 0.15) is 22.7 Å². The van der Waals surface area contributed by atoms with Crippen molar-refractivity contribution in [1.82, 2.24) is 10.2 Å². The number of hydrogen-bond donors (Lipinski definition) is 1. The summed E-state index contributed by atoms with van der Waals surface area (Å²) >= 11 is 6.11. The molecule has 2 fully saturated rings. The third-order valence-corrected chi connectivity index (χ3v) is 7.29. The summed E-state index contributed by atoms with van der Waals surface area (Å²) in [6.07, 6.45) is 0.212. The van der Waals surface area contributed by atoms with Crippen LogP contribution in [-0.2, 0) is 32.1 Å². The molecule has 4 atom stereocenters. The van der Waals surface area contributed by atoms with Crippen LogP contribution in [0.25, 0.3) is 0 Å². The predicted octanol–water partition coefficient (Wildman–Crippen LogP) is 3.94. The molecule has 0 aliphatic carbocycles. The summed E-state index contributed by atoms with van der Waals surface area (Å²) in [5, 5.41) is 3.96. The van der Waals surface area contributed by atoms with Gasteiger partial charge in [0.15, 0.2) is 0 Å². The number of carbonyl (C=O) groups is 3. The molecule has 0 aromatic heterocycles. The zero-order valence-corrected chi connectivity index (χ0v) is 19.9. The Kier molecular flexibility index (Phi) is 6.17. The molecule has 0 radical (unpaired) electrons. The van der Waals surface area contributed by atoms with E-state index >= 15 is 0 Å². The van der Waals surface area contributed by atoms with Gasteiger partial charge in [0.1, 0.15) is 5.54 Å². The van der Waals surface area contributed by atoms with Crippen LogP contribution in [0.2, 0.25) is 5.02 Å². The molecular weight excluding hydrogens is 464 g/mol. The molecule has 2 aliphatic heterocycles. The maximum atomic E-state index is 13.9. The predicted molar refractivity (Wildman–Crippen MR) is 131 cm³/mol. The number of hydrogen-bond acceptors (Lipinski definition) is 5. The molecule has 1 N–H and O–H groups in total. The second-order valence-electron chi connectivity index (χ2n) is 9.05. The highest BCUT2D eigenvalue weighted by Crippen LogP contribution is 2.50. The lowest BCUT2D eigenvalue weighted by Crippen LogP contribution is -2.57. The quantitative estimate of drug-likeness (QED) is 0.420. The van der Waals surface area contributed by atoms with Gasteiger partial charge in [-0.3, -0.25) is 24.6 Å². The second-order valence-corrected chi connectivity index (χ2v) is 9.49. The van der Waals surface area contributed by atoms with Crippen molar-refractivity contribution >= 4 is 29.4 Å². The van der Waals surface area contributed by atoms with Crippen LogP contribution in [0.5, 0.6) is 0 Å². The number of imide groups is 1. The fourth-order valence-corrected chi connectivity index (χ4v) is 5.59. The standard InChI is InChI=1S/C28H25ClN2O4/c1-35-27(34)28(16-18-8-4-2-5-9-18)23-22(24(30-28)20-12-14-21(29)15-13-20)25(32)31(26(23)33)17-19-10-6-3-7-11-19/h2-15,22-24,30H,16-17H2,1H3/t22-,23+,24+,28+/m0/s1. The molecule has 6 nitrogen and oxygen atoms in total. The minimum absolute atomic E-state index is 0.154. The van der Waals surface area contributed by atoms with E-state index in [-0.39, 0.29) is 24.8 Å². The van der Waals surface area contributed by atoms with Crippen molar-refractivity contribution in [3.63, 3.8) is 0 Å². The van der Waals surface area contributed by atoms with Crippen molar-refractivity contribution in [3.05, 3.63) is 107 Å². The maximum Gasteiger partial charge on any atom is 0.327 e. The molecule has 2 aliphatic rings. The van der Waals surface area contributed by atoms with Gasteiger partial charge in [-0.15, -0.1) is 0 Å². The van der Waals surface area contributed by atoms with Gasteiger partial charge >= 0.3 is 5.97 Å². The third kappa shape index (κ3) is 4.03. The first-order valence-corrected chi connectivity index (χ1v) is 11.9. The van der Waals surface area contributed by atoms with Gasteiger partial charge in [0.25, 0.3) is 0 Å². The van der Waals surface area contributed by atoms with E-state index in [2.05, 4.69) is 5.32 Å².